The van der Waals surface area contributed by atoms with Crippen molar-refractivity contribution in [2.24, 2.45) is 0 Å². The Morgan fingerprint density at radius 3 is 2.48 bits per heavy atom. The minimum absolute atomic E-state index is 0.0164. The van der Waals surface area contributed by atoms with Crippen LogP contribution in [-0.4, -0.2) is 20.1 Å². The van der Waals surface area contributed by atoms with Crippen LogP contribution in [0.1, 0.15) is 5.56 Å². The van der Waals surface area contributed by atoms with Crippen molar-refractivity contribution in [3.05, 3.63) is 59.7 Å². The van der Waals surface area contributed by atoms with Crippen LogP contribution in [0, 0.1) is 11.3 Å². The molecule has 2 aromatic carbocycles. The Labute approximate surface area is 134 Å². The summed E-state index contributed by atoms with van der Waals surface area (Å²) >= 11 is 0. The van der Waals surface area contributed by atoms with Gasteiger partial charge in [-0.05, 0) is 30.3 Å². The number of nitrogens with zero attached hydrogens (tertiary/aromatic N) is 1. The molecule has 1 N–H and O–H groups in total. The van der Waals surface area contributed by atoms with Gasteiger partial charge in [-0.15, -0.1) is 0 Å². The average molecular weight is 308 g/mol. The van der Waals surface area contributed by atoms with Crippen LogP contribution in [-0.2, 0) is 4.79 Å². The highest BCUT2D eigenvalue weighted by Crippen LogP contribution is 2.26. The number of carbonyl (C=O) groups is 1. The fourth-order valence-corrected chi connectivity index (χ4v) is 1.96. The second-order valence-corrected chi connectivity index (χ2v) is 4.60. The van der Waals surface area contributed by atoms with Crippen molar-refractivity contribution in [3.8, 4) is 17.6 Å². The molecule has 0 aromatic heterocycles. The van der Waals surface area contributed by atoms with Crippen molar-refractivity contribution < 1.29 is 14.3 Å². The molecule has 0 fully saturated rings. The average Bonchev–Trinajstić information content (AvgIpc) is 2.60. The minimum Gasteiger partial charge on any atom is -0.497 e. The molecule has 0 bridgehead atoms. The summed E-state index contributed by atoms with van der Waals surface area (Å²) in [5.74, 6) is 0.674. The first kappa shape index (κ1) is 16.1. The van der Waals surface area contributed by atoms with Gasteiger partial charge >= 0.3 is 0 Å². The number of hydrogen-bond acceptors (Lipinski definition) is 4. The first-order valence-corrected chi connectivity index (χ1v) is 6.88. The first-order chi connectivity index (χ1) is 11.2. The molecule has 0 aliphatic rings. The number of nitrogens with one attached hydrogen (secondary N) is 1. The molecule has 2 rings (SSSR count). The number of anilines is 1. The van der Waals surface area contributed by atoms with Crippen molar-refractivity contribution in [3.63, 3.8) is 0 Å². The summed E-state index contributed by atoms with van der Waals surface area (Å²) in [6, 6.07) is 16.0. The van der Waals surface area contributed by atoms with E-state index in [9.17, 15) is 10.1 Å². The molecule has 0 saturated heterocycles. The molecule has 0 aliphatic heterocycles. The second kappa shape index (κ2) is 7.66. The van der Waals surface area contributed by atoms with Crippen LogP contribution in [0.4, 0.5) is 5.69 Å². The van der Waals surface area contributed by atoms with Crippen LogP contribution < -0.4 is 14.8 Å². The largest absolute Gasteiger partial charge is 0.497 e. The van der Waals surface area contributed by atoms with Crippen LogP contribution in [0.25, 0.3) is 6.08 Å². The Hall–Kier alpha value is -3.26. The van der Waals surface area contributed by atoms with E-state index in [4.69, 9.17) is 9.47 Å². The van der Waals surface area contributed by atoms with E-state index in [1.54, 1.807) is 49.6 Å². The molecule has 5 nitrogen and oxygen atoms in total. The van der Waals surface area contributed by atoms with E-state index in [0.29, 0.717) is 22.7 Å². The Balaban J connectivity index is 2.28. The predicted octanol–water partition coefficient (Wildman–Crippen LogP) is 3.25. The molecule has 5 heteroatoms. The summed E-state index contributed by atoms with van der Waals surface area (Å²) < 4.78 is 10.4. The lowest BCUT2D eigenvalue weighted by atomic mass is 10.1. The number of carbonyl (C=O) groups excluding carboxylic acids is 1. The van der Waals surface area contributed by atoms with E-state index < -0.39 is 5.91 Å². The Bertz CT molecular complexity index is 762. The first-order valence-electron chi connectivity index (χ1n) is 6.88. The van der Waals surface area contributed by atoms with Gasteiger partial charge in [-0.25, -0.2) is 0 Å². The molecule has 116 valence electrons. The molecule has 0 spiro atoms. The third-order valence-electron chi connectivity index (χ3n) is 3.14. The lowest BCUT2D eigenvalue weighted by Crippen LogP contribution is -2.13. The molecule has 0 heterocycles. The molecular formula is C18H16N2O3. The molecule has 0 saturated carbocycles. The Kier molecular flexibility index (Phi) is 5.37. The number of amides is 1. The van der Waals surface area contributed by atoms with Crippen molar-refractivity contribution in [1.29, 1.82) is 5.26 Å². The number of ether oxygens (including phenoxy) is 2. The quantitative estimate of drug-likeness (QED) is 0.680. The number of para-hydroxylation sites is 1. The van der Waals surface area contributed by atoms with E-state index >= 15 is 0 Å². The third-order valence-corrected chi connectivity index (χ3v) is 3.14. The number of benzene rings is 2. The second-order valence-electron chi connectivity index (χ2n) is 4.60. The molecule has 2 aromatic rings. The van der Waals surface area contributed by atoms with E-state index in [1.807, 2.05) is 12.1 Å². The number of methoxy groups -OCH3 is 2. The topological polar surface area (TPSA) is 71.3 Å². The van der Waals surface area contributed by atoms with Crippen LogP contribution in [0.15, 0.2) is 54.1 Å². The van der Waals surface area contributed by atoms with Crippen LogP contribution >= 0.6 is 0 Å². The lowest BCUT2D eigenvalue weighted by Gasteiger charge is -2.08. The van der Waals surface area contributed by atoms with E-state index in [1.165, 1.54) is 13.2 Å². The molecular weight excluding hydrogens is 292 g/mol. The van der Waals surface area contributed by atoms with Crippen LogP contribution in [0.5, 0.6) is 11.5 Å². The summed E-state index contributed by atoms with van der Waals surface area (Å²) in [6.45, 7) is 0. The maximum absolute atomic E-state index is 12.2. The highest BCUT2D eigenvalue weighted by Gasteiger charge is 2.11. The number of rotatable bonds is 5. The van der Waals surface area contributed by atoms with Crippen molar-refractivity contribution >= 4 is 17.7 Å². The van der Waals surface area contributed by atoms with E-state index in [0.717, 1.165) is 0 Å². The van der Waals surface area contributed by atoms with Crippen molar-refractivity contribution in [2.75, 3.05) is 19.5 Å². The zero-order chi connectivity index (χ0) is 16.7. The van der Waals surface area contributed by atoms with Gasteiger partial charge in [0, 0.05) is 17.3 Å². The summed E-state index contributed by atoms with van der Waals surface area (Å²) in [4.78, 5) is 12.2. The number of hydrogen-bond donors (Lipinski definition) is 1. The SMILES string of the molecule is COc1ccc(C=C(C#N)C(=O)Nc2ccccc2)c(OC)c1. The third kappa shape index (κ3) is 4.11. The van der Waals surface area contributed by atoms with Crippen LogP contribution in [0.3, 0.4) is 0 Å². The lowest BCUT2D eigenvalue weighted by molar-refractivity contribution is -0.112. The molecule has 0 unspecified atom stereocenters. The summed E-state index contributed by atoms with van der Waals surface area (Å²) in [6.07, 6.45) is 1.48. The van der Waals surface area contributed by atoms with Gasteiger partial charge in [0.05, 0.1) is 14.2 Å². The summed E-state index contributed by atoms with van der Waals surface area (Å²) in [5.41, 5.74) is 1.23. The Morgan fingerprint density at radius 2 is 1.87 bits per heavy atom. The van der Waals surface area contributed by atoms with Gasteiger partial charge in [-0.3, -0.25) is 4.79 Å². The summed E-state index contributed by atoms with van der Waals surface area (Å²) in [5, 5.41) is 11.9. The maximum Gasteiger partial charge on any atom is 0.266 e. The molecule has 0 aliphatic carbocycles. The zero-order valence-electron chi connectivity index (χ0n) is 12.9. The molecule has 1 amide bonds. The predicted molar refractivity (Wildman–Crippen MR) is 88.2 cm³/mol. The monoisotopic (exact) mass is 308 g/mol. The molecule has 0 radical (unpaired) electrons. The van der Waals surface area contributed by atoms with Gasteiger partial charge in [0.25, 0.3) is 5.91 Å². The number of nitriles is 1. The van der Waals surface area contributed by atoms with Crippen molar-refractivity contribution in [1.82, 2.24) is 0 Å². The molecule has 0 atom stereocenters. The zero-order valence-corrected chi connectivity index (χ0v) is 12.9. The molecule has 23 heavy (non-hydrogen) atoms. The van der Waals surface area contributed by atoms with Crippen molar-refractivity contribution in [2.45, 2.75) is 0 Å². The van der Waals surface area contributed by atoms with Gasteiger partial charge < -0.3 is 14.8 Å². The fraction of sp³-hybridized carbons (Fsp3) is 0.111. The maximum atomic E-state index is 12.2. The highest BCUT2D eigenvalue weighted by molar-refractivity contribution is 6.09. The normalized spacial score (nSPS) is 10.6. The highest BCUT2D eigenvalue weighted by atomic mass is 16.5. The van der Waals surface area contributed by atoms with Gasteiger partial charge in [0.2, 0.25) is 0 Å². The van der Waals surface area contributed by atoms with Gasteiger partial charge in [0.15, 0.2) is 0 Å². The van der Waals surface area contributed by atoms with E-state index in [-0.39, 0.29) is 5.57 Å². The van der Waals surface area contributed by atoms with Gasteiger partial charge in [-0.2, -0.15) is 5.26 Å². The van der Waals surface area contributed by atoms with E-state index in [2.05, 4.69) is 5.32 Å². The van der Waals surface area contributed by atoms with Crippen LogP contribution in [0.2, 0.25) is 0 Å². The smallest absolute Gasteiger partial charge is 0.266 e. The van der Waals surface area contributed by atoms with Gasteiger partial charge in [0.1, 0.15) is 23.1 Å². The summed E-state index contributed by atoms with van der Waals surface area (Å²) in [7, 11) is 3.07. The Morgan fingerprint density at radius 1 is 1.13 bits per heavy atom. The minimum atomic E-state index is -0.475. The fourth-order valence-electron chi connectivity index (χ4n) is 1.96. The standard InChI is InChI=1S/C18H16N2O3/c1-22-16-9-8-13(17(11-16)23-2)10-14(12-19)18(21)20-15-6-4-3-5-7-15/h3-11H,1-2H3,(H,20,21). The van der Waals surface area contributed by atoms with Gasteiger partial charge in [-0.1, -0.05) is 18.2 Å².